The number of aliphatic hydroxyl groups excluding tert-OH is 1. The summed E-state index contributed by atoms with van der Waals surface area (Å²) in [5, 5.41) is 9.09. The highest BCUT2D eigenvalue weighted by Gasteiger charge is 2.33. The molecular formula is C10H12FNO3S. The minimum Gasteiger partial charge on any atom is -0.394 e. The number of rotatable bonds is 1. The van der Waals surface area contributed by atoms with Gasteiger partial charge in [-0.15, -0.1) is 0 Å². The van der Waals surface area contributed by atoms with Gasteiger partial charge in [0, 0.05) is 7.05 Å². The molecule has 0 aromatic heterocycles. The highest BCUT2D eigenvalue weighted by atomic mass is 32.2. The van der Waals surface area contributed by atoms with Gasteiger partial charge < -0.3 is 10.0 Å². The summed E-state index contributed by atoms with van der Waals surface area (Å²) < 4.78 is 36.7. The van der Waals surface area contributed by atoms with Crippen molar-refractivity contribution in [1.82, 2.24) is 0 Å². The van der Waals surface area contributed by atoms with Gasteiger partial charge in [-0.25, -0.2) is 12.8 Å². The number of hydrogen-bond acceptors (Lipinski definition) is 4. The zero-order chi connectivity index (χ0) is 11.9. The van der Waals surface area contributed by atoms with Crippen molar-refractivity contribution in [2.75, 3.05) is 24.3 Å². The average molecular weight is 245 g/mol. The Bertz CT molecular complexity index is 515. The number of likely N-dealkylation sites (N-methyl/N-ethyl adjacent to an activating group) is 1. The van der Waals surface area contributed by atoms with Gasteiger partial charge in [-0.2, -0.15) is 0 Å². The van der Waals surface area contributed by atoms with Crippen molar-refractivity contribution in [3.8, 4) is 0 Å². The maximum absolute atomic E-state index is 13.1. The van der Waals surface area contributed by atoms with Gasteiger partial charge in [0.15, 0.2) is 9.84 Å². The van der Waals surface area contributed by atoms with Crippen LogP contribution in [0.2, 0.25) is 0 Å². The van der Waals surface area contributed by atoms with Crippen molar-refractivity contribution < 1.29 is 17.9 Å². The van der Waals surface area contributed by atoms with E-state index >= 15 is 0 Å². The largest absolute Gasteiger partial charge is 0.394 e. The van der Waals surface area contributed by atoms with Crippen LogP contribution < -0.4 is 4.90 Å². The van der Waals surface area contributed by atoms with E-state index in [2.05, 4.69) is 0 Å². The molecule has 1 aromatic carbocycles. The van der Waals surface area contributed by atoms with Crippen molar-refractivity contribution in [3.63, 3.8) is 0 Å². The molecule has 0 saturated heterocycles. The highest BCUT2D eigenvalue weighted by Crippen LogP contribution is 2.32. The Morgan fingerprint density at radius 1 is 1.56 bits per heavy atom. The number of fused-ring (bicyclic) bond motifs is 1. The normalized spacial score (nSPS) is 22.9. The molecule has 1 aliphatic heterocycles. The van der Waals surface area contributed by atoms with Crippen molar-refractivity contribution in [2.24, 2.45) is 0 Å². The van der Waals surface area contributed by atoms with Crippen LogP contribution in [0, 0.1) is 5.82 Å². The molecule has 0 spiro atoms. The minimum atomic E-state index is -3.42. The van der Waals surface area contributed by atoms with Crippen LogP contribution in [-0.4, -0.2) is 39.0 Å². The fourth-order valence-corrected chi connectivity index (χ4v) is 3.67. The molecule has 1 N–H and O–H groups in total. The zero-order valence-electron chi connectivity index (χ0n) is 8.72. The number of sulfone groups is 1. The van der Waals surface area contributed by atoms with Gasteiger partial charge in [0.05, 0.1) is 29.0 Å². The molecule has 1 unspecified atom stereocenters. The second kappa shape index (κ2) is 3.71. The Hall–Kier alpha value is -1.14. The lowest BCUT2D eigenvalue weighted by atomic mass is 10.2. The number of anilines is 1. The Labute approximate surface area is 93.2 Å². The summed E-state index contributed by atoms with van der Waals surface area (Å²) >= 11 is 0. The van der Waals surface area contributed by atoms with Gasteiger partial charge in [-0.3, -0.25) is 0 Å². The Morgan fingerprint density at radius 2 is 2.25 bits per heavy atom. The fraction of sp³-hybridized carbons (Fsp3) is 0.400. The predicted octanol–water partition coefficient (Wildman–Crippen LogP) is 0.410. The predicted molar refractivity (Wildman–Crippen MR) is 57.7 cm³/mol. The molecule has 1 aliphatic rings. The van der Waals surface area contributed by atoms with E-state index in [1.165, 1.54) is 12.1 Å². The van der Waals surface area contributed by atoms with Gasteiger partial charge in [0.1, 0.15) is 5.82 Å². The number of benzene rings is 1. The molecule has 1 aromatic rings. The summed E-state index contributed by atoms with van der Waals surface area (Å²) in [6.45, 7) is -0.272. The molecule has 4 nitrogen and oxygen atoms in total. The van der Waals surface area contributed by atoms with Crippen LogP contribution in [0.15, 0.2) is 23.1 Å². The van der Waals surface area contributed by atoms with E-state index in [0.29, 0.717) is 5.69 Å². The summed E-state index contributed by atoms with van der Waals surface area (Å²) in [6.07, 6.45) is 0. The van der Waals surface area contributed by atoms with Crippen LogP contribution >= 0.6 is 0 Å². The number of aliphatic hydroxyl groups is 1. The van der Waals surface area contributed by atoms with Crippen LogP contribution in [0.4, 0.5) is 10.1 Å². The Kier molecular flexibility index (Phi) is 2.63. The van der Waals surface area contributed by atoms with E-state index in [1.807, 2.05) is 0 Å². The van der Waals surface area contributed by atoms with Crippen LogP contribution in [0.25, 0.3) is 0 Å². The molecule has 0 bridgehead atoms. The molecule has 0 fully saturated rings. The first-order valence-electron chi connectivity index (χ1n) is 4.81. The highest BCUT2D eigenvalue weighted by molar-refractivity contribution is 7.91. The van der Waals surface area contributed by atoms with Crippen molar-refractivity contribution in [3.05, 3.63) is 24.0 Å². The van der Waals surface area contributed by atoms with Crippen molar-refractivity contribution in [2.45, 2.75) is 10.9 Å². The second-order valence-electron chi connectivity index (χ2n) is 3.84. The monoisotopic (exact) mass is 245 g/mol. The molecule has 0 amide bonds. The SMILES string of the molecule is CN1c2cc(F)ccc2S(=O)(=O)CC1CO. The Morgan fingerprint density at radius 3 is 2.88 bits per heavy atom. The van der Waals surface area contributed by atoms with Crippen molar-refractivity contribution >= 4 is 15.5 Å². The number of hydrogen-bond donors (Lipinski definition) is 1. The molecule has 16 heavy (non-hydrogen) atoms. The zero-order valence-corrected chi connectivity index (χ0v) is 9.54. The summed E-state index contributed by atoms with van der Waals surface area (Å²) in [5.41, 5.74) is 0.310. The van der Waals surface area contributed by atoms with Crippen molar-refractivity contribution in [1.29, 1.82) is 0 Å². The summed E-state index contributed by atoms with van der Waals surface area (Å²) in [5.74, 6) is -0.627. The summed E-state index contributed by atoms with van der Waals surface area (Å²) in [4.78, 5) is 1.72. The molecule has 88 valence electrons. The molecular weight excluding hydrogens is 233 g/mol. The minimum absolute atomic E-state index is 0.126. The van der Waals surface area contributed by atoms with Crippen LogP contribution in [0.5, 0.6) is 0 Å². The molecule has 1 atom stereocenters. The molecule has 0 aliphatic carbocycles. The lowest BCUT2D eigenvalue weighted by molar-refractivity contribution is 0.269. The number of nitrogens with zero attached hydrogens (tertiary/aromatic N) is 1. The second-order valence-corrected chi connectivity index (χ2v) is 5.84. The molecule has 0 saturated carbocycles. The van der Waals surface area contributed by atoms with Crippen LogP contribution in [-0.2, 0) is 9.84 Å². The first kappa shape index (κ1) is 11.3. The standard InChI is InChI=1S/C10H12FNO3S/c1-12-8(5-13)6-16(14,15)10-3-2-7(11)4-9(10)12/h2-4,8,13H,5-6H2,1H3. The van der Waals surface area contributed by atoms with E-state index in [4.69, 9.17) is 5.11 Å². The quantitative estimate of drug-likeness (QED) is 0.728. The molecule has 1 heterocycles. The van der Waals surface area contributed by atoms with Gasteiger partial charge in [-0.05, 0) is 18.2 Å². The maximum Gasteiger partial charge on any atom is 0.182 e. The van der Waals surface area contributed by atoms with E-state index in [9.17, 15) is 12.8 Å². The summed E-state index contributed by atoms with van der Waals surface area (Å²) in [6, 6.07) is 3.06. The lowest BCUT2D eigenvalue weighted by Crippen LogP contribution is -2.44. The van der Waals surface area contributed by atoms with E-state index < -0.39 is 21.7 Å². The molecule has 2 rings (SSSR count). The van der Waals surface area contributed by atoms with Gasteiger partial charge in [0.2, 0.25) is 0 Å². The fourth-order valence-electron chi connectivity index (χ4n) is 1.86. The number of halogens is 1. The van der Waals surface area contributed by atoms with E-state index in [-0.39, 0.29) is 17.3 Å². The summed E-state index contributed by atoms with van der Waals surface area (Å²) in [7, 11) is -1.77. The van der Waals surface area contributed by atoms with E-state index in [1.54, 1.807) is 11.9 Å². The molecule has 6 heteroatoms. The first-order valence-corrected chi connectivity index (χ1v) is 6.47. The smallest absolute Gasteiger partial charge is 0.182 e. The third-order valence-corrected chi connectivity index (χ3v) is 4.65. The molecule has 0 radical (unpaired) electrons. The average Bonchev–Trinajstić information content (AvgIpc) is 2.23. The van der Waals surface area contributed by atoms with E-state index in [0.717, 1.165) is 6.07 Å². The lowest BCUT2D eigenvalue weighted by Gasteiger charge is -2.34. The third kappa shape index (κ3) is 1.68. The van der Waals surface area contributed by atoms with Gasteiger partial charge >= 0.3 is 0 Å². The maximum atomic E-state index is 13.1. The Balaban J connectivity index is 2.63. The topological polar surface area (TPSA) is 57.6 Å². The van der Waals surface area contributed by atoms with Gasteiger partial charge in [0.25, 0.3) is 0 Å². The first-order chi connectivity index (χ1) is 7.45. The third-order valence-electron chi connectivity index (χ3n) is 2.81. The van der Waals surface area contributed by atoms with Crippen LogP contribution in [0.1, 0.15) is 0 Å². The van der Waals surface area contributed by atoms with Gasteiger partial charge in [-0.1, -0.05) is 0 Å². The van der Waals surface area contributed by atoms with Crippen LogP contribution in [0.3, 0.4) is 0 Å².